The van der Waals surface area contributed by atoms with E-state index in [-0.39, 0.29) is 18.2 Å². The predicted octanol–water partition coefficient (Wildman–Crippen LogP) is 8.86. The molecular weight excluding hydrogens is 525 g/mol. The Hall–Kier alpha value is -4.31. The summed E-state index contributed by atoms with van der Waals surface area (Å²) in [5.74, 6) is 1.26. The number of alkyl halides is 3. The topological polar surface area (TPSA) is 55.0 Å². The van der Waals surface area contributed by atoms with Crippen LogP contribution in [0.15, 0.2) is 65.5 Å². The fourth-order valence-electron chi connectivity index (χ4n) is 4.98. The van der Waals surface area contributed by atoms with Crippen molar-refractivity contribution in [3.05, 3.63) is 116 Å². The summed E-state index contributed by atoms with van der Waals surface area (Å²) >= 11 is 0. The Morgan fingerprint density at radius 1 is 0.927 bits per heavy atom. The van der Waals surface area contributed by atoms with Gasteiger partial charge in [0.2, 0.25) is 0 Å². The van der Waals surface area contributed by atoms with Gasteiger partial charge in [-0.2, -0.15) is 18.4 Å². The van der Waals surface area contributed by atoms with Crippen LogP contribution >= 0.6 is 0 Å². The van der Waals surface area contributed by atoms with Crippen LogP contribution in [0.2, 0.25) is 0 Å². The molecule has 0 spiro atoms. The molecule has 0 saturated carbocycles. The van der Waals surface area contributed by atoms with E-state index >= 15 is 0 Å². The van der Waals surface area contributed by atoms with Gasteiger partial charge in [0.1, 0.15) is 23.1 Å². The maximum absolute atomic E-state index is 14.1. The van der Waals surface area contributed by atoms with Crippen LogP contribution in [0.1, 0.15) is 71.2 Å². The van der Waals surface area contributed by atoms with Crippen molar-refractivity contribution in [1.29, 1.82) is 5.26 Å². The van der Waals surface area contributed by atoms with Crippen LogP contribution in [0.4, 0.5) is 13.2 Å². The van der Waals surface area contributed by atoms with Gasteiger partial charge in [-0.25, -0.2) is 0 Å². The fourth-order valence-corrected chi connectivity index (χ4v) is 4.98. The molecule has 0 aliphatic rings. The number of aromatic nitrogens is 1. The maximum Gasteiger partial charge on any atom is 0.417 e. The molecule has 3 aromatic carbocycles. The number of benzene rings is 3. The molecule has 4 nitrogen and oxygen atoms in total. The van der Waals surface area contributed by atoms with Crippen molar-refractivity contribution >= 4 is 0 Å². The largest absolute Gasteiger partial charge is 0.457 e. The van der Waals surface area contributed by atoms with Crippen LogP contribution in [0.3, 0.4) is 0 Å². The van der Waals surface area contributed by atoms with Crippen molar-refractivity contribution in [2.45, 2.75) is 66.6 Å². The molecule has 0 aliphatic heterocycles. The lowest BCUT2D eigenvalue weighted by molar-refractivity contribution is -0.137. The van der Waals surface area contributed by atoms with Gasteiger partial charge in [-0.3, -0.25) is 4.79 Å². The van der Waals surface area contributed by atoms with Gasteiger partial charge >= 0.3 is 6.18 Å². The lowest BCUT2D eigenvalue weighted by atomic mass is 9.96. The van der Waals surface area contributed by atoms with Crippen molar-refractivity contribution in [3.63, 3.8) is 0 Å². The van der Waals surface area contributed by atoms with Crippen LogP contribution in [0, 0.1) is 32.1 Å². The zero-order valence-corrected chi connectivity index (χ0v) is 24.1. The molecule has 0 unspecified atom stereocenters. The molecule has 0 radical (unpaired) electrons. The van der Waals surface area contributed by atoms with E-state index in [9.17, 15) is 23.2 Å². The number of hydrogen-bond acceptors (Lipinski definition) is 3. The molecule has 7 heteroatoms. The van der Waals surface area contributed by atoms with E-state index in [1.54, 1.807) is 18.2 Å². The second kappa shape index (κ2) is 11.7. The molecule has 0 N–H and O–H groups in total. The monoisotopic (exact) mass is 558 g/mol. The minimum absolute atomic E-state index is 0.0192. The second-order valence-corrected chi connectivity index (χ2v) is 10.7. The molecule has 0 atom stereocenters. The SMILES string of the molecule is CCc1ccc(Oc2ccc(-c3cc(C(F)(F)F)c(C#N)c(=O)n3Cc3ccc(C)cc3C)cc2C(C)C)c(C)c1. The van der Waals surface area contributed by atoms with Gasteiger partial charge in [0, 0.05) is 0 Å². The van der Waals surface area contributed by atoms with Crippen molar-refractivity contribution in [2.24, 2.45) is 0 Å². The molecule has 0 bridgehead atoms. The van der Waals surface area contributed by atoms with E-state index < -0.39 is 22.9 Å². The molecule has 4 aromatic rings. The molecule has 212 valence electrons. The highest BCUT2D eigenvalue weighted by atomic mass is 19.4. The minimum Gasteiger partial charge on any atom is -0.457 e. The summed E-state index contributed by atoms with van der Waals surface area (Å²) in [6, 6.07) is 19.3. The summed E-state index contributed by atoms with van der Waals surface area (Å²) in [6.07, 6.45) is -3.97. The van der Waals surface area contributed by atoms with Crippen molar-refractivity contribution in [3.8, 4) is 28.8 Å². The Balaban J connectivity index is 1.92. The number of nitriles is 1. The Morgan fingerprint density at radius 2 is 1.63 bits per heavy atom. The lowest BCUT2D eigenvalue weighted by Crippen LogP contribution is -2.29. The van der Waals surface area contributed by atoms with Crippen LogP contribution in [-0.4, -0.2) is 4.57 Å². The predicted molar refractivity (Wildman–Crippen MR) is 156 cm³/mol. The highest BCUT2D eigenvalue weighted by Crippen LogP contribution is 2.38. The molecule has 0 fully saturated rings. The van der Waals surface area contributed by atoms with Crippen molar-refractivity contribution in [2.75, 3.05) is 0 Å². The fraction of sp³-hybridized carbons (Fsp3) is 0.294. The van der Waals surface area contributed by atoms with Gasteiger partial charge in [0.05, 0.1) is 17.8 Å². The Labute approximate surface area is 238 Å². The van der Waals surface area contributed by atoms with Gasteiger partial charge < -0.3 is 9.30 Å². The Morgan fingerprint density at radius 3 is 2.22 bits per heavy atom. The van der Waals surface area contributed by atoms with E-state index in [0.29, 0.717) is 17.1 Å². The minimum atomic E-state index is -4.87. The molecule has 0 aliphatic carbocycles. The van der Waals surface area contributed by atoms with Crippen molar-refractivity contribution < 1.29 is 17.9 Å². The third-order valence-corrected chi connectivity index (χ3v) is 7.34. The van der Waals surface area contributed by atoms with Gasteiger partial charge in [-0.15, -0.1) is 0 Å². The number of aryl methyl sites for hydroxylation is 4. The van der Waals surface area contributed by atoms with Crippen LogP contribution in [0.5, 0.6) is 11.5 Å². The third kappa shape index (κ3) is 6.22. The summed E-state index contributed by atoms with van der Waals surface area (Å²) in [4.78, 5) is 13.5. The average molecular weight is 559 g/mol. The van der Waals surface area contributed by atoms with Crippen LogP contribution in [-0.2, 0) is 19.1 Å². The van der Waals surface area contributed by atoms with Crippen LogP contribution < -0.4 is 10.3 Å². The first-order valence-corrected chi connectivity index (χ1v) is 13.6. The molecular formula is C34H33F3N2O2. The van der Waals surface area contributed by atoms with Gasteiger partial charge in [0.25, 0.3) is 5.56 Å². The number of rotatable bonds is 7. The molecule has 0 amide bonds. The third-order valence-electron chi connectivity index (χ3n) is 7.34. The van der Waals surface area contributed by atoms with E-state index in [1.807, 2.05) is 65.0 Å². The first-order chi connectivity index (χ1) is 19.3. The van der Waals surface area contributed by atoms with Gasteiger partial charge in [-0.1, -0.05) is 56.7 Å². The Bertz CT molecular complexity index is 1710. The number of nitrogens with zero attached hydrogens (tertiary/aromatic N) is 2. The zero-order valence-electron chi connectivity index (χ0n) is 24.1. The summed E-state index contributed by atoms with van der Waals surface area (Å²) in [6.45, 7) is 11.9. The maximum atomic E-state index is 14.1. The first-order valence-electron chi connectivity index (χ1n) is 13.6. The van der Waals surface area contributed by atoms with Gasteiger partial charge in [-0.05, 0) is 96.8 Å². The summed E-state index contributed by atoms with van der Waals surface area (Å²) in [5, 5.41) is 9.57. The molecule has 0 saturated heterocycles. The highest BCUT2D eigenvalue weighted by Gasteiger charge is 2.36. The summed E-state index contributed by atoms with van der Waals surface area (Å²) < 4.78 is 49.7. The van der Waals surface area contributed by atoms with E-state index in [0.717, 1.165) is 40.3 Å². The summed E-state index contributed by atoms with van der Waals surface area (Å²) in [5.41, 5.74) is 3.03. The molecule has 1 aromatic heterocycles. The summed E-state index contributed by atoms with van der Waals surface area (Å²) in [7, 11) is 0. The number of pyridine rings is 1. The normalized spacial score (nSPS) is 11.5. The van der Waals surface area contributed by atoms with E-state index in [1.165, 1.54) is 16.2 Å². The zero-order chi connectivity index (χ0) is 30.1. The van der Waals surface area contributed by atoms with Crippen molar-refractivity contribution in [1.82, 2.24) is 4.57 Å². The molecule has 4 rings (SSSR count). The lowest BCUT2D eigenvalue weighted by Gasteiger charge is -2.21. The standard InChI is InChI=1S/C34H33F3N2O2/c1-7-24-9-12-31(23(6)15-24)41-32-13-11-25(16-27(32)20(2)3)30-17-29(34(35,36)37)28(18-38)33(40)39(30)19-26-10-8-21(4)14-22(26)5/h8-17,20H,7,19H2,1-6H3. The van der Waals surface area contributed by atoms with E-state index in [4.69, 9.17) is 4.74 Å². The van der Waals surface area contributed by atoms with Gasteiger partial charge in [0.15, 0.2) is 0 Å². The second-order valence-electron chi connectivity index (χ2n) is 10.7. The Kier molecular flexibility index (Phi) is 8.44. The first kappa shape index (κ1) is 29.7. The molecule has 41 heavy (non-hydrogen) atoms. The number of hydrogen-bond donors (Lipinski definition) is 0. The number of halogens is 3. The molecule has 1 heterocycles. The average Bonchev–Trinajstić information content (AvgIpc) is 2.91. The highest BCUT2D eigenvalue weighted by molar-refractivity contribution is 5.66. The number of ether oxygens (including phenoxy) is 1. The smallest absolute Gasteiger partial charge is 0.417 e. The van der Waals surface area contributed by atoms with Crippen LogP contribution in [0.25, 0.3) is 11.3 Å². The quantitative estimate of drug-likeness (QED) is 0.228. The van der Waals surface area contributed by atoms with E-state index in [2.05, 4.69) is 13.0 Å².